The minimum absolute atomic E-state index is 0.257. The molecule has 0 spiro atoms. The molecule has 21 heavy (non-hydrogen) atoms. The molecule has 3 nitrogen and oxygen atoms in total. The Morgan fingerprint density at radius 3 is 2.19 bits per heavy atom. The van der Waals surface area contributed by atoms with Gasteiger partial charge in [-0.25, -0.2) is 18.0 Å². The summed E-state index contributed by atoms with van der Waals surface area (Å²) < 4.78 is 39.3. The summed E-state index contributed by atoms with van der Waals surface area (Å²) in [6.45, 7) is 0.257. The van der Waals surface area contributed by atoms with Crippen LogP contribution >= 0.6 is 0 Å². The normalized spacial score (nSPS) is 10.2. The fourth-order valence-corrected chi connectivity index (χ4v) is 1.75. The van der Waals surface area contributed by atoms with Crippen molar-refractivity contribution in [2.45, 2.75) is 6.42 Å². The summed E-state index contributed by atoms with van der Waals surface area (Å²) in [6, 6.07) is 8.46. The summed E-state index contributed by atoms with van der Waals surface area (Å²) in [5, 5.41) is 4.59. The first kappa shape index (κ1) is 14.9. The molecule has 2 amide bonds. The zero-order valence-electron chi connectivity index (χ0n) is 11.0. The zero-order chi connectivity index (χ0) is 15.2. The quantitative estimate of drug-likeness (QED) is 0.890. The third kappa shape index (κ3) is 4.24. The minimum atomic E-state index is -0.844. The molecule has 0 unspecified atom stereocenters. The summed E-state index contributed by atoms with van der Waals surface area (Å²) in [4.78, 5) is 11.5. The van der Waals surface area contributed by atoms with Crippen molar-refractivity contribution >= 4 is 11.7 Å². The van der Waals surface area contributed by atoms with Crippen molar-refractivity contribution in [3.63, 3.8) is 0 Å². The van der Waals surface area contributed by atoms with E-state index >= 15 is 0 Å². The van der Waals surface area contributed by atoms with Gasteiger partial charge < -0.3 is 10.6 Å². The van der Waals surface area contributed by atoms with Crippen LogP contribution in [0.15, 0.2) is 42.5 Å². The maximum Gasteiger partial charge on any atom is 0.319 e. The number of hydrogen-bond donors (Lipinski definition) is 2. The summed E-state index contributed by atoms with van der Waals surface area (Å²) in [6.07, 6.45) is 0.480. The average molecular weight is 294 g/mol. The van der Waals surface area contributed by atoms with Crippen molar-refractivity contribution < 1.29 is 18.0 Å². The summed E-state index contributed by atoms with van der Waals surface area (Å²) in [5.74, 6) is -2.02. The lowest BCUT2D eigenvalue weighted by atomic mass is 10.1. The largest absolute Gasteiger partial charge is 0.338 e. The Labute approximate surface area is 119 Å². The standard InChI is InChI=1S/C15H13F3N2O/c16-11-6-4-10(5-7-11)8-9-19-15(21)20-14-12(17)2-1-3-13(14)18/h1-7H,8-9H2,(H2,19,20,21). The van der Waals surface area contributed by atoms with E-state index in [1.54, 1.807) is 12.1 Å². The molecule has 2 aromatic rings. The van der Waals surface area contributed by atoms with Crippen LogP contribution in [-0.4, -0.2) is 12.6 Å². The second-order valence-corrected chi connectivity index (χ2v) is 4.35. The number of anilines is 1. The van der Waals surface area contributed by atoms with Gasteiger partial charge in [-0.1, -0.05) is 18.2 Å². The van der Waals surface area contributed by atoms with Crippen molar-refractivity contribution in [2.24, 2.45) is 0 Å². The Morgan fingerprint density at radius 1 is 0.952 bits per heavy atom. The Bertz CT molecular complexity index is 609. The van der Waals surface area contributed by atoms with E-state index in [4.69, 9.17) is 0 Å². The Hall–Kier alpha value is -2.50. The summed E-state index contributed by atoms with van der Waals surface area (Å²) in [7, 11) is 0. The van der Waals surface area contributed by atoms with Crippen LogP contribution in [0.5, 0.6) is 0 Å². The molecule has 0 atom stereocenters. The lowest BCUT2D eigenvalue weighted by Crippen LogP contribution is -2.31. The van der Waals surface area contributed by atoms with E-state index in [0.29, 0.717) is 6.42 Å². The Morgan fingerprint density at radius 2 is 1.57 bits per heavy atom. The molecule has 0 aliphatic carbocycles. The van der Waals surface area contributed by atoms with Crippen LogP contribution in [0.2, 0.25) is 0 Å². The zero-order valence-corrected chi connectivity index (χ0v) is 11.0. The van der Waals surface area contributed by atoms with Crippen LogP contribution in [-0.2, 0) is 6.42 Å². The van der Waals surface area contributed by atoms with Crippen LogP contribution in [0.3, 0.4) is 0 Å². The summed E-state index contributed by atoms with van der Waals surface area (Å²) in [5.41, 5.74) is 0.352. The molecule has 110 valence electrons. The third-order valence-electron chi connectivity index (χ3n) is 2.81. The number of halogens is 3. The molecule has 0 bridgehead atoms. The Balaban J connectivity index is 1.84. The second-order valence-electron chi connectivity index (χ2n) is 4.35. The van der Waals surface area contributed by atoms with Crippen LogP contribution < -0.4 is 10.6 Å². The molecule has 0 aliphatic heterocycles. The van der Waals surface area contributed by atoms with Crippen LogP contribution in [0.1, 0.15) is 5.56 Å². The molecule has 2 aromatic carbocycles. The van der Waals surface area contributed by atoms with E-state index in [0.717, 1.165) is 17.7 Å². The van der Waals surface area contributed by atoms with Gasteiger partial charge in [-0.15, -0.1) is 0 Å². The average Bonchev–Trinajstić information content (AvgIpc) is 2.45. The highest BCUT2D eigenvalue weighted by molar-refractivity contribution is 5.89. The molecule has 0 aromatic heterocycles. The van der Waals surface area contributed by atoms with E-state index in [1.807, 2.05) is 0 Å². The smallest absolute Gasteiger partial charge is 0.319 e. The SMILES string of the molecule is O=C(NCCc1ccc(F)cc1)Nc1c(F)cccc1F. The second kappa shape index (κ2) is 6.78. The summed E-state index contributed by atoms with van der Waals surface area (Å²) >= 11 is 0. The topological polar surface area (TPSA) is 41.1 Å². The maximum atomic E-state index is 13.3. The van der Waals surface area contributed by atoms with Gasteiger partial charge in [0, 0.05) is 6.54 Å². The molecule has 2 N–H and O–H groups in total. The van der Waals surface area contributed by atoms with E-state index in [-0.39, 0.29) is 12.4 Å². The van der Waals surface area contributed by atoms with Gasteiger partial charge in [0.05, 0.1) is 0 Å². The third-order valence-corrected chi connectivity index (χ3v) is 2.81. The number of urea groups is 1. The van der Waals surface area contributed by atoms with Gasteiger partial charge in [0.1, 0.15) is 23.1 Å². The van der Waals surface area contributed by atoms with Crippen molar-refractivity contribution in [1.29, 1.82) is 0 Å². The van der Waals surface area contributed by atoms with Gasteiger partial charge in [-0.2, -0.15) is 0 Å². The van der Waals surface area contributed by atoms with Crippen LogP contribution in [0, 0.1) is 17.5 Å². The first-order chi connectivity index (χ1) is 10.1. The maximum absolute atomic E-state index is 13.3. The highest BCUT2D eigenvalue weighted by atomic mass is 19.1. The van der Waals surface area contributed by atoms with Gasteiger partial charge in [0.15, 0.2) is 0 Å². The predicted molar refractivity (Wildman–Crippen MR) is 73.5 cm³/mol. The number of nitrogens with one attached hydrogen (secondary N) is 2. The van der Waals surface area contributed by atoms with Crippen LogP contribution in [0.4, 0.5) is 23.7 Å². The van der Waals surface area contributed by atoms with E-state index < -0.39 is 23.4 Å². The number of carbonyl (C=O) groups is 1. The number of benzene rings is 2. The van der Waals surface area contributed by atoms with Crippen molar-refractivity contribution in [1.82, 2.24) is 5.32 Å². The molecule has 2 rings (SSSR count). The van der Waals surface area contributed by atoms with Crippen molar-refractivity contribution in [3.8, 4) is 0 Å². The number of rotatable bonds is 4. The van der Waals surface area contributed by atoms with E-state index in [2.05, 4.69) is 10.6 Å². The van der Waals surface area contributed by atoms with Gasteiger partial charge in [-0.05, 0) is 36.2 Å². The van der Waals surface area contributed by atoms with Crippen LogP contribution in [0.25, 0.3) is 0 Å². The number of hydrogen-bond acceptors (Lipinski definition) is 1. The first-order valence-electron chi connectivity index (χ1n) is 6.29. The van der Waals surface area contributed by atoms with Crippen molar-refractivity contribution in [2.75, 3.05) is 11.9 Å². The first-order valence-corrected chi connectivity index (χ1v) is 6.29. The molecular weight excluding hydrogens is 281 g/mol. The van der Waals surface area contributed by atoms with E-state index in [1.165, 1.54) is 18.2 Å². The highest BCUT2D eigenvalue weighted by Crippen LogP contribution is 2.17. The lowest BCUT2D eigenvalue weighted by molar-refractivity contribution is 0.252. The molecule has 0 saturated heterocycles. The molecule has 0 saturated carbocycles. The molecule has 0 fully saturated rings. The lowest BCUT2D eigenvalue weighted by Gasteiger charge is -2.09. The van der Waals surface area contributed by atoms with Gasteiger partial charge >= 0.3 is 6.03 Å². The van der Waals surface area contributed by atoms with Crippen molar-refractivity contribution in [3.05, 3.63) is 65.5 Å². The molecular formula is C15H13F3N2O. The molecule has 6 heteroatoms. The van der Waals surface area contributed by atoms with Gasteiger partial charge in [-0.3, -0.25) is 0 Å². The fourth-order valence-electron chi connectivity index (χ4n) is 1.75. The number of amides is 2. The molecule has 0 heterocycles. The van der Waals surface area contributed by atoms with Gasteiger partial charge in [0.2, 0.25) is 0 Å². The predicted octanol–water partition coefficient (Wildman–Crippen LogP) is 3.47. The number of para-hydroxylation sites is 1. The Kier molecular flexibility index (Phi) is 4.81. The van der Waals surface area contributed by atoms with E-state index in [9.17, 15) is 18.0 Å². The molecule has 0 radical (unpaired) electrons. The van der Waals surface area contributed by atoms with Gasteiger partial charge in [0.25, 0.3) is 0 Å². The highest BCUT2D eigenvalue weighted by Gasteiger charge is 2.11. The molecule has 0 aliphatic rings. The minimum Gasteiger partial charge on any atom is -0.338 e. The monoisotopic (exact) mass is 294 g/mol. The fraction of sp³-hybridized carbons (Fsp3) is 0.133. The number of carbonyl (C=O) groups excluding carboxylic acids is 1.